The molecule has 1 unspecified atom stereocenters. The summed E-state index contributed by atoms with van der Waals surface area (Å²) < 4.78 is 0. The van der Waals surface area contributed by atoms with E-state index in [-0.39, 0.29) is 18.0 Å². The fraction of sp³-hybridized carbons (Fsp3) is 0.750. The lowest BCUT2D eigenvalue weighted by atomic mass is 10.1. The first-order valence-corrected chi connectivity index (χ1v) is 4.82. The minimum Gasteiger partial charge on any atom is -0.323 e. The highest BCUT2D eigenvalue weighted by Gasteiger charge is 2.47. The Labute approximate surface area is 83.1 Å². The van der Waals surface area contributed by atoms with Gasteiger partial charge in [0.2, 0.25) is 0 Å². The highest BCUT2D eigenvalue weighted by molar-refractivity contribution is 7.80. The van der Waals surface area contributed by atoms with Crippen molar-refractivity contribution in [2.75, 3.05) is 5.75 Å². The number of amides is 3. The standard InChI is InChI=1S/C8H14N2O2S/c1-5(2)10-6(11)8(3,4-13)9-7(10)12/h5,13H,4H2,1-3H3,(H,9,12). The Morgan fingerprint density at radius 3 is 2.31 bits per heavy atom. The van der Waals surface area contributed by atoms with Crippen LogP contribution in [0.25, 0.3) is 0 Å². The lowest BCUT2D eigenvalue weighted by Gasteiger charge is -2.20. The van der Waals surface area contributed by atoms with Gasteiger partial charge in [-0.3, -0.25) is 9.69 Å². The molecule has 74 valence electrons. The Morgan fingerprint density at radius 1 is 1.54 bits per heavy atom. The van der Waals surface area contributed by atoms with Crippen LogP contribution in [0.3, 0.4) is 0 Å². The molecule has 1 aliphatic rings. The Morgan fingerprint density at radius 2 is 2.08 bits per heavy atom. The molecule has 1 aliphatic heterocycles. The van der Waals surface area contributed by atoms with E-state index in [2.05, 4.69) is 17.9 Å². The summed E-state index contributed by atoms with van der Waals surface area (Å²) in [6.45, 7) is 5.30. The molecular weight excluding hydrogens is 188 g/mol. The third-order valence-corrected chi connectivity index (χ3v) is 2.76. The molecule has 1 atom stereocenters. The predicted octanol–water partition coefficient (Wildman–Crippen LogP) is 0.635. The number of nitrogens with one attached hydrogen (secondary N) is 1. The van der Waals surface area contributed by atoms with Gasteiger partial charge in [0.05, 0.1) is 0 Å². The molecule has 0 saturated carbocycles. The average Bonchev–Trinajstić information content (AvgIpc) is 2.24. The number of thiol groups is 1. The Kier molecular flexibility index (Phi) is 2.56. The van der Waals surface area contributed by atoms with E-state index in [9.17, 15) is 9.59 Å². The summed E-state index contributed by atoms with van der Waals surface area (Å²) in [5.41, 5.74) is -0.829. The molecule has 1 saturated heterocycles. The molecule has 1 fully saturated rings. The summed E-state index contributed by atoms with van der Waals surface area (Å²) in [4.78, 5) is 24.3. The molecule has 13 heavy (non-hydrogen) atoms. The normalized spacial score (nSPS) is 28.5. The summed E-state index contributed by atoms with van der Waals surface area (Å²) in [5.74, 6) is 0.128. The van der Waals surface area contributed by atoms with Gasteiger partial charge in [0.15, 0.2) is 0 Å². The second-order valence-corrected chi connectivity index (χ2v) is 4.01. The molecule has 0 aromatic rings. The fourth-order valence-electron chi connectivity index (χ4n) is 1.28. The van der Waals surface area contributed by atoms with E-state index in [0.717, 1.165) is 0 Å². The number of rotatable bonds is 2. The van der Waals surface area contributed by atoms with Crippen molar-refractivity contribution in [3.8, 4) is 0 Å². The van der Waals surface area contributed by atoms with Gasteiger partial charge in [0.25, 0.3) is 5.91 Å². The number of hydrogen-bond donors (Lipinski definition) is 2. The zero-order chi connectivity index (χ0) is 10.2. The predicted molar refractivity (Wildman–Crippen MR) is 52.8 cm³/mol. The quantitative estimate of drug-likeness (QED) is 0.510. The Balaban J connectivity index is 2.94. The summed E-state index contributed by atoms with van der Waals surface area (Å²) >= 11 is 4.05. The zero-order valence-electron chi connectivity index (χ0n) is 8.00. The molecule has 1 heterocycles. The summed E-state index contributed by atoms with van der Waals surface area (Å²) in [6, 6.07) is -0.425. The van der Waals surface area contributed by atoms with Crippen molar-refractivity contribution < 1.29 is 9.59 Å². The molecule has 1 N–H and O–H groups in total. The van der Waals surface area contributed by atoms with E-state index in [1.165, 1.54) is 4.90 Å². The van der Waals surface area contributed by atoms with E-state index in [0.29, 0.717) is 5.75 Å². The molecule has 0 aromatic heterocycles. The van der Waals surface area contributed by atoms with E-state index >= 15 is 0 Å². The minimum absolute atomic E-state index is 0.103. The highest BCUT2D eigenvalue weighted by Crippen LogP contribution is 2.20. The van der Waals surface area contributed by atoms with Crippen LogP contribution in [0, 0.1) is 0 Å². The first-order valence-electron chi connectivity index (χ1n) is 4.19. The topological polar surface area (TPSA) is 49.4 Å². The van der Waals surface area contributed by atoms with Gasteiger partial charge in [-0.05, 0) is 20.8 Å². The van der Waals surface area contributed by atoms with Crippen molar-refractivity contribution in [2.45, 2.75) is 32.4 Å². The van der Waals surface area contributed by atoms with E-state index in [4.69, 9.17) is 0 Å². The van der Waals surface area contributed by atoms with Gasteiger partial charge in [0.1, 0.15) is 5.54 Å². The largest absolute Gasteiger partial charge is 0.325 e. The molecule has 0 aliphatic carbocycles. The minimum atomic E-state index is -0.829. The number of nitrogens with zero attached hydrogens (tertiary/aromatic N) is 1. The fourth-order valence-corrected chi connectivity index (χ4v) is 1.50. The molecule has 1 rings (SSSR count). The van der Waals surface area contributed by atoms with Gasteiger partial charge >= 0.3 is 6.03 Å². The number of carbonyl (C=O) groups excluding carboxylic acids is 2. The third kappa shape index (κ3) is 1.52. The lowest BCUT2D eigenvalue weighted by Crippen LogP contribution is -2.46. The Hall–Kier alpha value is -0.710. The van der Waals surface area contributed by atoms with Gasteiger partial charge in [-0.25, -0.2) is 4.79 Å². The number of urea groups is 1. The maximum absolute atomic E-state index is 11.7. The van der Waals surface area contributed by atoms with Gasteiger partial charge in [-0.15, -0.1) is 0 Å². The van der Waals surface area contributed by atoms with Crippen molar-refractivity contribution in [3.05, 3.63) is 0 Å². The number of carbonyl (C=O) groups is 2. The van der Waals surface area contributed by atoms with Gasteiger partial charge in [-0.1, -0.05) is 0 Å². The van der Waals surface area contributed by atoms with E-state index in [1.807, 2.05) is 13.8 Å². The van der Waals surface area contributed by atoms with E-state index < -0.39 is 5.54 Å². The molecule has 0 spiro atoms. The first kappa shape index (κ1) is 10.4. The lowest BCUT2D eigenvalue weighted by molar-refractivity contribution is -0.131. The average molecular weight is 202 g/mol. The molecule has 0 radical (unpaired) electrons. The maximum Gasteiger partial charge on any atom is 0.325 e. The van der Waals surface area contributed by atoms with Crippen molar-refractivity contribution in [2.24, 2.45) is 0 Å². The van der Waals surface area contributed by atoms with Gasteiger partial charge in [-0.2, -0.15) is 12.6 Å². The smallest absolute Gasteiger partial charge is 0.323 e. The van der Waals surface area contributed by atoms with Crippen LogP contribution in [-0.2, 0) is 4.79 Å². The van der Waals surface area contributed by atoms with Crippen LogP contribution in [-0.4, -0.2) is 34.2 Å². The Bertz CT molecular complexity index is 255. The molecule has 5 heteroatoms. The molecule has 4 nitrogen and oxygen atoms in total. The van der Waals surface area contributed by atoms with E-state index in [1.54, 1.807) is 6.92 Å². The van der Waals surface area contributed by atoms with Crippen LogP contribution in [0.15, 0.2) is 0 Å². The van der Waals surface area contributed by atoms with Crippen LogP contribution in [0.1, 0.15) is 20.8 Å². The molecular formula is C8H14N2O2S. The van der Waals surface area contributed by atoms with Crippen molar-refractivity contribution >= 4 is 24.6 Å². The second kappa shape index (κ2) is 3.21. The number of hydrogen-bond acceptors (Lipinski definition) is 3. The maximum atomic E-state index is 11.7. The van der Waals surface area contributed by atoms with Crippen LogP contribution >= 0.6 is 12.6 Å². The summed E-state index contributed by atoms with van der Waals surface area (Å²) in [5, 5.41) is 2.62. The van der Waals surface area contributed by atoms with Crippen LogP contribution in [0.2, 0.25) is 0 Å². The molecule has 0 aromatic carbocycles. The van der Waals surface area contributed by atoms with Crippen molar-refractivity contribution in [1.82, 2.24) is 10.2 Å². The van der Waals surface area contributed by atoms with Crippen LogP contribution in [0.4, 0.5) is 4.79 Å². The highest BCUT2D eigenvalue weighted by atomic mass is 32.1. The van der Waals surface area contributed by atoms with Gasteiger partial charge in [0, 0.05) is 11.8 Å². The molecule has 0 bridgehead atoms. The van der Waals surface area contributed by atoms with Crippen LogP contribution < -0.4 is 5.32 Å². The zero-order valence-corrected chi connectivity index (χ0v) is 8.89. The summed E-state index contributed by atoms with van der Waals surface area (Å²) in [6.07, 6.45) is 0. The second-order valence-electron chi connectivity index (χ2n) is 3.69. The monoisotopic (exact) mass is 202 g/mol. The van der Waals surface area contributed by atoms with Gasteiger partial charge < -0.3 is 5.32 Å². The molecule has 3 amide bonds. The van der Waals surface area contributed by atoms with Crippen molar-refractivity contribution in [3.63, 3.8) is 0 Å². The number of imide groups is 1. The first-order chi connectivity index (χ1) is 5.92. The van der Waals surface area contributed by atoms with Crippen molar-refractivity contribution in [1.29, 1.82) is 0 Å². The van der Waals surface area contributed by atoms with Crippen LogP contribution in [0.5, 0.6) is 0 Å². The SMILES string of the molecule is CC(C)N1C(=O)NC(C)(CS)C1=O. The third-order valence-electron chi connectivity index (χ3n) is 2.13. The summed E-state index contributed by atoms with van der Waals surface area (Å²) in [7, 11) is 0.